The summed E-state index contributed by atoms with van der Waals surface area (Å²) in [6, 6.07) is 10.4. The van der Waals surface area contributed by atoms with Gasteiger partial charge in [-0.15, -0.1) is 0 Å². The molecule has 28 heavy (non-hydrogen) atoms. The molecular weight excluding hydrogens is 355 g/mol. The lowest BCUT2D eigenvalue weighted by atomic mass is 10.1. The predicted octanol–water partition coefficient (Wildman–Crippen LogP) is 3.68. The molecule has 2 aromatic heterocycles. The summed E-state index contributed by atoms with van der Waals surface area (Å²) in [4.78, 5) is 23.5. The Hall–Kier alpha value is -3.02. The summed E-state index contributed by atoms with van der Waals surface area (Å²) in [6.45, 7) is 3.40. The van der Waals surface area contributed by atoms with Gasteiger partial charge in [0.05, 0.1) is 12.5 Å². The van der Waals surface area contributed by atoms with Gasteiger partial charge < -0.3 is 9.47 Å². The Morgan fingerprint density at radius 2 is 2.00 bits per heavy atom. The summed E-state index contributed by atoms with van der Waals surface area (Å²) in [5.41, 5.74) is 2.63. The molecule has 0 aliphatic carbocycles. The number of nitrogens with zero attached hydrogens (tertiary/aromatic N) is 4. The lowest BCUT2D eigenvalue weighted by Crippen LogP contribution is -2.33. The molecule has 0 radical (unpaired) electrons. The topological polar surface area (TPSA) is 51.0 Å². The molecular formula is C22H23FN4O. The van der Waals surface area contributed by atoms with E-state index in [9.17, 15) is 9.18 Å². The summed E-state index contributed by atoms with van der Waals surface area (Å²) in [5.74, 6) is 0.513. The van der Waals surface area contributed by atoms with Gasteiger partial charge >= 0.3 is 0 Å². The maximum Gasteiger partial charge on any atom is 0.227 e. The molecule has 1 atom stereocenters. The second-order valence-corrected chi connectivity index (χ2v) is 7.21. The maximum atomic E-state index is 14.0. The van der Waals surface area contributed by atoms with Crippen molar-refractivity contribution in [3.8, 4) is 0 Å². The third kappa shape index (κ3) is 3.67. The number of hydrogen-bond donors (Lipinski definition) is 0. The lowest BCUT2D eigenvalue weighted by Gasteiger charge is -2.25. The van der Waals surface area contributed by atoms with Crippen LogP contribution in [0, 0.1) is 12.7 Å². The molecule has 3 heterocycles. The summed E-state index contributed by atoms with van der Waals surface area (Å²) in [6.07, 6.45) is 7.29. The van der Waals surface area contributed by atoms with Crippen molar-refractivity contribution >= 4 is 5.91 Å². The van der Waals surface area contributed by atoms with Crippen LogP contribution in [0.2, 0.25) is 0 Å². The van der Waals surface area contributed by atoms with E-state index in [4.69, 9.17) is 0 Å². The highest BCUT2D eigenvalue weighted by atomic mass is 19.1. The maximum absolute atomic E-state index is 14.0. The molecule has 1 aliphatic heterocycles. The molecule has 3 aromatic rings. The normalized spacial score (nSPS) is 16.5. The quantitative estimate of drug-likeness (QED) is 0.681. The van der Waals surface area contributed by atoms with E-state index in [2.05, 4.69) is 14.5 Å². The molecule has 0 N–H and O–H groups in total. The van der Waals surface area contributed by atoms with Gasteiger partial charge in [-0.25, -0.2) is 9.37 Å². The summed E-state index contributed by atoms with van der Waals surface area (Å²) in [5, 5.41) is 0. The zero-order chi connectivity index (χ0) is 19.5. The van der Waals surface area contributed by atoms with E-state index in [-0.39, 0.29) is 24.2 Å². The smallest absolute Gasteiger partial charge is 0.227 e. The van der Waals surface area contributed by atoms with E-state index in [0.717, 1.165) is 29.9 Å². The SMILES string of the molecule is Cc1cnc(C2CCCN2C(=O)Cc2ccccc2F)n1Cc1ccncc1. The van der Waals surface area contributed by atoms with Crippen LogP contribution in [0.5, 0.6) is 0 Å². The number of amides is 1. The standard InChI is InChI=1S/C22H23FN4O/c1-16-14-25-22(27(16)15-17-8-10-24-11-9-17)20-7-4-12-26(20)21(28)13-18-5-2-3-6-19(18)23/h2-3,5-6,8-11,14,20H,4,7,12-13,15H2,1H3. The zero-order valence-corrected chi connectivity index (χ0v) is 15.9. The van der Waals surface area contributed by atoms with E-state index in [1.807, 2.05) is 30.2 Å². The summed E-state index contributed by atoms with van der Waals surface area (Å²) >= 11 is 0. The van der Waals surface area contributed by atoms with Gasteiger partial charge in [-0.05, 0) is 49.1 Å². The van der Waals surface area contributed by atoms with Crippen LogP contribution in [0.25, 0.3) is 0 Å². The summed E-state index contributed by atoms with van der Waals surface area (Å²) in [7, 11) is 0. The predicted molar refractivity (Wildman–Crippen MR) is 104 cm³/mol. The fraction of sp³-hybridized carbons (Fsp3) is 0.318. The number of pyridine rings is 1. The third-order valence-electron chi connectivity index (χ3n) is 5.35. The van der Waals surface area contributed by atoms with Crippen LogP contribution in [-0.4, -0.2) is 31.9 Å². The number of rotatable bonds is 5. The van der Waals surface area contributed by atoms with E-state index < -0.39 is 0 Å². The van der Waals surface area contributed by atoms with Crippen LogP contribution in [0.3, 0.4) is 0 Å². The molecule has 0 spiro atoms. The van der Waals surface area contributed by atoms with E-state index in [1.54, 1.807) is 30.6 Å². The van der Waals surface area contributed by atoms with Crippen molar-refractivity contribution in [2.75, 3.05) is 6.54 Å². The molecule has 0 bridgehead atoms. The highest BCUT2D eigenvalue weighted by Gasteiger charge is 2.33. The highest BCUT2D eigenvalue weighted by molar-refractivity contribution is 5.79. The Kier molecular flexibility index (Phi) is 5.19. The summed E-state index contributed by atoms with van der Waals surface area (Å²) < 4.78 is 16.1. The first-order chi connectivity index (χ1) is 13.6. The van der Waals surface area contributed by atoms with E-state index in [1.165, 1.54) is 6.07 Å². The number of benzene rings is 1. The van der Waals surface area contributed by atoms with Crippen molar-refractivity contribution in [2.24, 2.45) is 0 Å². The molecule has 1 unspecified atom stereocenters. The van der Waals surface area contributed by atoms with Gasteiger partial charge in [0.15, 0.2) is 0 Å². The van der Waals surface area contributed by atoms with Crippen LogP contribution in [0.4, 0.5) is 4.39 Å². The number of halogens is 1. The first kappa shape index (κ1) is 18.3. The van der Waals surface area contributed by atoms with Crippen molar-refractivity contribution in [1.29, 1.82) is 0 Å². The Labute approximate surface area is 163 Å². The Morgan fingerprint density at radius 1 is 1.21 bits per heavy atom. The minimum Gasteiger partial charge on any atom is -0.332 e. The van der Waals surface area contributed by atoms with Crippen LogP contribution < -0.4 is 0 Å². The monoisotopic (exact) mass is 378 g/mol. The molecule has 6 heteroatoms. The van der Waals surface area contributed by atoms with Gasteiger partial charge in [0.1, 0.15) is 11.6 Å². The fourth-order valence-electron chi connectivity index (χ4n) is 3.86. The van der Waals surface area contributed by atoms with E-state index >= 15 is 0 Å². The number of carbonyl (C=O) groups excluding carboxylic acids is 1. The van der Waals surface area contributed by atoms with Crippen molar-refractivity contribution in [3.05, 3.63) is 83.5 Å². The van der Waals surface area contributed by atoms with E-state index in [0.29, 0.717) is 18.7 Å². The number of aromatic nitrogens is 3. The first-order valence-corrected chi connectivity index (χ1v) is 9.57. The zero-order valence-electron chi connectivity index (χ0n) is 15.9. The van der Waals surface area contributed by atoms with Crippen molar-refractivity contribution < 1.29 is 9.18 Å². The van der Waals surface area contributed by atoms with Crippen LogP contribution in [-0.2, 0) is 17.8 Å². The molecule has 1 amide bonds. The van der Waals surface area contributed by atoms with Gasteiger partial charge in [-0.1, -0.05) is 18.2 Å². The first-order valence-electron chi connectivity index (χ1n) is 9.57. The molecule has 1 aliphatic rings. The van der Waals surface area contributed by atoms with Gasteiger partial charge in [0.25, 0.3) is 0 Å². The Balaban J connectivity index is 1.57. The second-order valence-electron chi connectivity index (χ2n) is 7.21. The van der Waals surface area contributed by atoms with Crippen molar-refractivity contribution in [1.82, 2.24) is 19.4 Å². The third-order valence-corrected chi connectivity index (χ3v) is 5.35. The molecule has 0 saturated carbocycles. The average Bonchev–Trinajstić information content (AvgIpc) is 3.32. The minimum atomic E-state index is -0.332. The minimum absolute atomic E-state index is 0.0521. The lowest BCUT2D eigenvalue weighted by molar-refractivity contribution is -0.131. The molecule has 1 aromatic carbocycles. The average molecular weight is 378 g/mol. The molecule has 1 saturated heterocycles. The van der Waals surface area contributed by atoms with Gasteiger partial charge in [0, 0.05) is 37.4 Å². The molecule has 5 nitrogen and oxygen atoms in total. The van der Waals surface area contributed by atoms with Crippen molar-refractivity contribution in [3.63, 3.8) is 0 Å². The van der Waals surface area contributed by atoms with Crippen molar-refractivity contribution in [2.45, 2.75) is 38.8 Å². The number of carbonyl (C=O) groups is 1. The van der Waals surface area contributed by atoms with Gasteiger partial charge in [0.2, 0.25) is 5.91 Å². The number of aryl methyl sites for hydroxylation is 1. The van der Waals surface area contributed by atoms with Gasteiger partial charge in [-0.2, -0.15) is 0 Å². The fourth-order valence-corrected chi connectivity index (χ4v) is 3.86. The molecule has 4 rings (SSSR count). The highest BCUT2D eigenvalue weighted by Crippen LogP contribution is 2.32. The number of likely N-dealkylation sites (tertiary alicyclic amines) is 1. The van der Waals surface area contributed by atoms with Crippen LogP contribution in [0.15, 0.2) is 55.0 Å². The Morgan fingerprint density at radius 3 is 2.79 bits per heavy atom. The molecule has 1 fully saturated rings. The molecule has 144 valence electrons. The Bertz CT molecular complexity index is 970. The second kappa shape index (κ2) is 7.92. The number of imidazole rings is 1. The largest absolute Gasteiger partial charge is 0.332 e. The van der Waals surface area contributed by atoms with Crippen LogP contribution in [0.1, 0.15) is 41.5 Å². The van der Waals surface area contributed by atoms with Crippen LogP contribution >= 0.6 is 0 Å². The van der Waals surface area contributed by atoms with Gasteiger partial charge in [-0.3, -0.25) is 9.78 Å². The number of hydrogen-bond acceptors (Lipinski definition) is 3.